The summed E-state index contributed by atoms with van der Waals surface area (Å²) in [5, 5.41) is 19.7. The van der Waals surface area contributed by atoms with Crippen molar-refractivity contribution in [2.75, 3.05) is 6.61 Å². The maximum Gasteiger partial charge on any atom is 0.151 e. The van der Waals surface area contributed by atoms with Gasteiger partial charge >= 0.3 is 0 Å². The van der Waals surface area contributed by atoms with Crippen LogP contribution in [0.4, 0.5) is 0 Å². The second kappa shape index (κ2) is 12.6. The summed E-state index contributed by atoms with van der Waals surface area (Å²) >= 11 is 0. The number of hydrogen-bond donors (Lipinski definition) is 3. The highest BCUT2D eigenvalue weighted by Crippen LogP contribution is 2.17. The number of pyridine rings is 1. The quantitative estimate of drug-likeness (QED) is 0.493. The molecule has 2 aromatic heterocycles. The highest BCUT2D eigenvalue weighted by atomic mass is 16.3. The molecule has 162 valence electrons. The van der Waals surface area contributed by atoms with Crippen LogP contribution in [0.15, 0.2) is 35.8 Å². The molecule has 0 amide bonds. The van der Waals surface area contributed by atoms with Crippen molar-refractivity contribution in [1.82, 2.24) is 14.5 Å². The van der Waals surface area contributed by atoms with Crippen molar-refractivity contribution in [1.29, 1.82) is 0 Å². The number of aliphatic imine (C=N–C) groups is 1. The normalized spacial score (nSPS) is 11.5. The molecule has 0 fully saturated rings. The fraction of sp³-hybridized carbons (Fsp3) is 0.435. The molecule has 0 atom stereocenters. The van der Waals surface area contributed by atoms with E-state index in [0.717, 1.165) is 24.2 Å². The summed E-state index contributed by atoms with van der Waals surface area (Å²) < 4.78 is 1.85. The van der Waals surface area contributed by atoms with Gasteiger partial charge in [0.25, 0.3) is 0 Å². The Morgan fingerprint density at radius 1 is 1.23 bits per heavy atom. The van der Waals surface area contributed by atoms with Gasteiger partial charge in [-0.2, -0.15) is 0 Å². The van der Waals surface area contributed by atoms with Crippen molar-refractivity contribution in [3.8, 4) is 17.5 Å². The molecule has 0 aromatic carbocycles. The van der Waals surface area contributed by atoms with Gasteiger partial charge in [-0.1, -0.05) is 45.1 Å². The van der Waals surface area contributed by atoms with Gasteiger partial charge in [0, 0.05) is 18.1 Å². The Bertz CT molecular complexity index is 974. The summed E-state index contributed by atoms with van der Waals surface area (Å²) in [4.78, 5) is 12.4. The molecule has 0 aliphatic rings. The Balaban J connectivity index is 0.000000329. The molecule has 0 spiro atoms. The van der Waals surface area contributed by atoms with Crippen LogP contribution in [0.3, 0.4) is 0 Å². The van der Waals surface area contributed by atoms with Crippen molar-refractivity contribution in [2.24, 2.45) is 10.7 Å². The predicted molar refractivity (Wildman–Crippen MR) is 122 cm³/mol. The Morgan fingerprint density at radius 2 is 1.83 bits per heavy atom. The number of rotatable bonds is 6. The van der Waals surface area contributed by atoms with Crippen LogP contribution < -0.4 is 16.4 Å². The summed E-state index contributed by atoms with van der Waals surface area (Å²) in [6.45, 7) is 11.6. The molecule has 0 saturated heterocycles. The Labute approximate surface area is 178 Å². The van der Waals surface area contributed by atoms with Gasteiger partial charge in [0.05, 0.1) is 11.0 Å². The molecule has 30 heavy (non-hydrogen) atoms. The van der Waals surface area contributed by atoms with E-state index < -0.39 is 5.60 Å². The molecule has 0 saturated carbocycles. The first-order chi connectivity index (χ1) is 14.3. The average molecular weight is 412 g/mol. The van der Waals surface area contributed by atoms with Gasteiger partial charge < -0.3 is 15.9 Å². The third kappa shape index (κ3) is 7.82. The van der Waals surface area contributed by atoms with E-state index >= 15 is 0 Å². The molecule has 7 nitrogen and oxygen atoms in total. The van der Waals surface area contributed by atoms with E-state index in [0.29, 0.717) is 29.4 Å². The summed E-state index contributed by atoms with van der Waals surface area (Å²) in [6, 6.07) is 3.76. The van der Waals surface area contributed by atoms with Crippen LogP contribution in [0.1, 0.15) is 53.4 Å². The van der Waals surface area contributed by atoms with E-state index in [2.05, 4.69) is 33.4 Å². The molecular formula is C23H33N5O2. The van der Waals surface area contributed by atoms with E-state index in [9.17, 15) is 5.11 Å². The molecule has 4 N–H and O–H groups in total. The fourth-order valence-corrected chi connectivity index (χ4v) is 2.89. The first-order valence-electron chi connectivity index (χ1n) is 10.1. The lowest BCUT2D eigenvalue weighted by Gasteiger charge is -2.20. The molecule has 2 aromatic rings. The topological polar surface area (TPSA) is 110 Å². The van der Waals surface area contributed by atoms with Gasteiger partial charge in [0.15, 0.2) is 5.82 Å². The van der Waals surface area contributed by atoms with Gasteiger partial charge in [-0.3, -0.25) is 9.55 Å². The summed E-state index contributed by atoms with van der Waals surface area (Å²) in [5.41, 5.74) is 6.84. The van der Waals surface area contributed by atoms with Crippen molar-refractivity contribution in [3.63, 3.8) is 0 Å². The number of imidazole rings is 1. The second-order valence-corrected chi connectivity index (χ2v) is 7.05. The summed E-state index contributed by atoms with van der Waals surface area (Å²) in [7, 11) is 0. The third-order valence-electron chi connectivity index (χ3n) is 4.12. The summed E-state index contributed by atoms with van der Waals surface area (Å²) in [5.74, 6) is 5.60. The smallest absolute Gasteiger partial charge is 0.151 e. The van der Waals surface area contributed by atoms with Crippen LogP contribution in [-0.2, 0) is 0 Å². The van der Waals surface area contributed by atoms with Crippen molar-refractivity contribution in [3.05, 3.63) is 41.6 Å². The number of aliphatic hydroxyl groups is 2. The zero-order valence-corrected chi connectivity index (χ0v) is 18.4. The van der Waals surface area contributed by atoms with E-state index in [-0.39, 0.29) is 6.61 Å². The molecule has 0 unspecified atom stereocenters. The second-order valence-electron chi connectivity index (χ2n) is 7.05. The van der Waals surface area contributed by atoms with Crippen LogP contribution in [0.2, 0.25) is 0 Å². The number of aliphatic hydroxyl groups excluding tert-OH is 1. The number of hydrogen-bond acceptors (Lipinski definition) is 6. The Hall–Kier alpha value is -2.95. The maximum absolute atomic E-state index is 9.86. The molecular weight excluding hydrogens is 378 g/mol. The van der Waals surface area contributed by atoms with E-state index in [1.807, 2.05) is 44.4 Å². The van der Waals surface area contributed by atoms with Crippen molar-refractivity contribution < 1.29 is 10.2 Å². The predicted octanol–water partition coefficient (Wildman–Crippen LogP) is 1.50. The van der Waals surface area contributed by atoms with Gasteiger partial charge in [-0.25, -0.2) is 9.98 Å². The van der Waals surface area contributed by atoms with Crippen molar-refractivity contribution in [2.45, 2.75) is 59.0 Å². The summed E-state index contributed by atoms with van der Waals surface area (Å²) in [6.07, 6.45) is 8.32. The van der Waals surface area contributed by atoms with Gasteiger partial charge in [0.1, 0.15) is 23.9 Å². The van der Waals surface area contributed by atoms with Gasteiger partial charge in [-0.15, -0.1) is 0 Å². The molecule has 0 bridgehead atoms. The molecule has 0 aliphatic carbocycles. The van der Waals surface area contributed by atoms with Crippen LogP contribution in [0, 0.1) is 11.8 Å². The van der Waals surface area contributed by atoms with E-state index in [1.54, 1.807) is 18.7 Å². The standard InChI is InChI=1S/C13H15N5.C10H18O2/c1-9(2)17-13(14)12-10(3)18(8-16-12)11-4-6-15-7-5-11;1-3-6-10(12,7-4-2)8-5-9-11/h4-8H,3,14H2,1-2H3;11-12H,3-4,6-7,9H2,1-2H3/b13-12+;. The minimum Gasteiger partial charge on any atom is -0.384 e. The number of nitrogens with two attached hydrogens (primary N) is 1. The fourth-order valence-electron chi connectivity index (χ4n) is 2.89. The van der Waals surface area contributed by atoms with Crippen LogP contribution in [-0.4, -0.2) is 42.7 Å². The van der Waals surface area contributed by atoms with E-state index in [1.165, 1.54) is 0 Å². The third-order valence-corrected chi connectivity index (χ3v) is 4.12. The van der Waals surface area contributed by atoms with Crippen LogP contribution in [0.5, 0.6) is 0 Å². The van der Waals surface area contributed by atoms with Crippen molar-refractivity contribution >= 4 is 18.1 Å². The molecule has 0 radical (unpaired) electrons. The molecule has 0 aliphatic heterocycles. The lowest BCUT2D eigenvalue weighted by atomic mass is 9.93. The van der Waals surface area contributed by atoms with Gasteiger partial charge in [-0.05, 0) is 38.8 Å². The monoisotopic (exact) mass is 411 g/mol. The number of aromatic nitrogens is 3. The van der Waals surface area contributed by atoms with E-state index in [4.69, 9.17) is 10.8 Å². The van der Waals surface area contributed by atoms with Crippen LogP contribution >= 0.6 is 0 Å². The largest absolute Gasteiger partial charge is 0.384 e. The Morgan fingerprint density at radius 3 is 2.33 bits per heavy atom. The van der Waals surface area contributed by atoms with Gasteiger partial charge in [0.2, 0.25) is 0 Å². The number of nitrogens with zero attached hydrogens (tertiary/aromatic N) is 4. The molecule has 7 heteroatoms. The zero-order valence-electron chi connectivity index (χ0n) is 18.4. The SMILES string of the molecule is C=c1/c(=C(/N)N=C(C)C)ncn1-c1ccncc1.CCCC(O)(C#CCO)CCC. The minimum absolute atomic E-state index is 0.171. The highest BCUT2D eigenvalue weighted by Gasteiger charge is 2.21. The maximum atomic E-state index is 9.86. The highest BCUT2D eigenvalue weighted by molar-refractivity contribution is 5.82. The average Bonchev–Trinajstić information content (AvgIpc) is 3.09. The minimum atomic E-state index is -0.869. The lowest BCUT2D eigenvalue weighted by molar-refractivity contribution is 0.0804. The Kier molecular flexibility index (Phi) is 10.5. The van der Waals surface area contributed by atoms with Crippen LogP contribution in [0.25, 0.3) is 18.1 Å². The molecule has 2 rings (SSSR count). The molecule has 2 heterocycles. The first kappa shape index (κ1) is 25.1. The zero-order chi connectivity index (χ0) is 22.6. The lowest BCUT2D eigenvalue weighted by Crippen LogP contribution is -2.32. The first-order valence-corrected chi connectivity index (χ1v) is 10.1.